The smallest absolute Gasteiger partial charge is 0.315 e. The number of fused-ring (bicyclic) bond motifs is 1. The van der Waals surface area contributed by atoms with Gasteiger partial charge in [-0.25, -0.2) is 9.78 Å². The van der Waals surface area contributed by atoms with E-state index in [1.165, 1.54) is 4.80 Å². The summed E-state index contributed by atoms with van der Waals surface area (Å²) < 4.78 is 1.82. The molecule has 2 amide bonds. The van der Waals surface area contributed by atoms with Gasteiger partial charge in [-0.15, -0.1) is 10.2 Å². The van der Waals surface area contributed by atoms with Crippen LogP contribution in [0.5, 0.6) is 0 Å². The average Bonchev–Trinajstić information content (AvgIpc) is 4.03. The predicted octanol–water partition coefficient (Wildman–Crippen LogP) is 3.00. The molecule has 6 aromatic rings. The van der Waals surface area contributed by atoms with Gasteiger partial charge in [0.25, 0.3) is 0 Å². The molecule has 2 aromatic carbocycles. The molecule has 2 aliphatic rings. The van der Waals surface area contributed by atoms with Gasteiger partial charge < -0.3 is 35.6 Å². The molecule has 16 heteroatoms. The van der Waals surface area contributed by atoms with Crippen LogP contribution in [-0.4, -0.2) is 98.8 Å². The monoisotopic (exact) mass is 729 g/mol. The summed E-state index contributed by atoms with van der Waals surface area (Å²) in [5, 5.41) is 44.8. The van der Waals surface area contributed by atoms with E-state index in [-0.39, 0.29) is 18.0 Å². The van der Waals surface area contributed by atoms with E-state index in [1.807, 2.05) is 64.9 Å². The van der Waals surface area contributed by atoms with Crippen LogP contribution >= 0.6 is 0 Å². The molecule has 5 N–H and O–H groups in total. The number of hydrogen-bond donors (Lipinski definition) is 5. The number of aryl methyl sites for hydroxylation is 1. The molecule has 54 heavy (non-hydrogen) atoms. The molecule has 4 aromatic heterocycles. The highest BCUT2D eigenvalue weighted by Crippen LogP contribution is 2.40. The maximum absolute atomic E-state index is 12.8. The first-order chi connectivity index (χ1) is 26.4. The Kier molecular flexibility index (Phi) is 10.1. The Labute approximate surface area is 311 Å². The lowest BCUT2D eigenvalue weighted by Crippen LogP contribution is -2.43. The first kappa shape index (κ1) is 35.1. The third kappa shape index (κ3) is 7.30. The lowest BCUT2D eigenvalue weighted by molar-refractivity contribution is 0.00473. The Morgan fingerprint density at radius 3 is 2.43 bits per heavy atom. The molecule has 1 aliphatic heterocycles. The summed E-state index contributed by atoms with van der Waals surface area (Å²) in [5.41, 5.74) is 4.28. The number of aliphatic hydroxyl groups excluding tert-OH is 2. The highest BCUT2D eigenvalue weighted by Gasteiger charge is 2.45. The lowest BCUT2D eigenvalue weighted by Gasteiger charge is -2.22. The second-order valence-corrected chi connectivity index (χ2v) is 13.8. The van der Waals surface area contributed by atoms with Crippen LogP contribution in [0, 0.1) is 0 Å². The Morgan fingerprint density at radius 1 is 0.963 bits per heavy atom. The fourth-order valence-electron chi connectivity index (χ4n) is 7.42. The molecule has 2 fully saturated rings. The van der Waals surface area contributed by atoms with Crippen molar-refractivity contribution in [2.75, 3.05) is 29.9 Å². The van der Waals surface area contributed by atoms with Crippen LogP contribution in [0.4, 0.5) is 16.6 Å². The Bertz CT molecular complexity index is 2130. The van der Waals surface area contributed by atoms with Crippen LogP contribution < -0.4 is 20.9 Å². The van der Waals surface area contributed by atoms with Gasteiger partial charge in [0.05, 0.1) is 12.4 Å². The van der Waals surface area contributed by atoms with Gasteiger partial charge in [-0.3, -0.25) is 4.98 Å². The first-order valence-electron chi connectivity index (χ1n) is 18.4. The number of benzene rings is 2. The van der Waals surface area contributed by atoms with Gasteiger partial charge in [-0.05, 0) is 40.8 Å². The normalized spacial score (nSPS) is 21.2. The number of nitrogens with one attached hydrogen (secondary N) is 3. The maximum Gasteiger partial charge on any atom is 0.315 e. The number of aromatic nitrogens is 9. The largest absolute Gasteiger partial charge is 0.388 e. The molecule has 1 saturated heterocycles. The summed E-state index contributed by atoms with van der Waals surface area (Å²) in [6, 6.07) is 22.9. The summed E-state index contributed by atoms with van der Waals surface area (Å²) >= 11 is 0. The number of carbonyl (C=O) groups excluding carboxylic acids is 1. The molecule has 1 aliphatic carbocycles. The van der Waals surface area contributed by atoms with Crippen molar-refractivity contribution in [3.8, 4) is 0 Å². The fourth-order valence-corrected chi connectivity index (χ4v) is 7.42. The standard InChI is InChI=1S/C38H43N13O3/c1-2-31-46-48-51(47-31)30-18-29(33(52)34(30)53)50-23-42-32-35(40-21-28(25-11-5-3-6-12-25)26-13-7-4-8-14-26)44-37(45-36(32)50)49-17-15-27(22-49)43-38(54)41-20-24-10-9-16-39-19-24/h3-14,16,19,23,27-30,33-34,52-53H,2,15,17-18,20-22H2,1H3,(H,40,44,45)(H2,41,43,54)/t27-,29-,30+,33+,34-/m1/s1. The highest BCUT2D eigenvalue weighted by molar-refractivity contribution is 5.84. The molecule has 8 rings (SSSR count). The van der Waals surface area contributed by atoms with E-state index in [9.17, 15) is 15.0 Å². The number of amides is 2. The van der Waals surface area contributed by atoms with Crippen molar-refractivity contribution in [1.29, 1.82) is 0 Å². The minimum Gasteiger partial charge on any atom is -0.388 e. The number of nitrogens with zero attached hydrogens (tertiary/aromatic N) is 10. The molecule has 16 nitrogen and oxygen atoms in total. The molecular weight excluding hydrogens is 687 g/mol. The van der Waals surface area contributed by atoms with Crippen molar-refractivity contribution in [2.24, 2.45) is 0 Å². The van der Waals surface area contributed by atoms with E-state index in [2.05, 4.69) is 60.6 Å². The van der Waals surface area contributed by atoms with Gasteiger partial charge >= 0.3 is 6.03 Å². The third-order valence-electron chi connectivity index (χ3n) is 10.3. The fraction of sp³-hybridized carbons (Fsp3) is 0.368. The maximum atomic E-state index is 12.8. The summed E-state index contributed by atoms with van der Waals surface area (Å²) in [4.78, 5) is 35.2. The SMILES string of the molecule is CCc1nnn([C@H]2C[C@@H](n3cnc4c(NCC(c5ccccc5)c5ccccc5)nc(N5CC[C@@H](NC(=O)NCc6cccnc6)C5)nc43)[C@H](O)[C@@H]2O)n1. The topological polar surface area (TPSA) is 197 Å². The van der Waals surface area contributed by atoms with Crippen LogP contribution in [0.2, 0.25) is 0 Å². The van der Waals surface area contributed by atoms with Gasteiger partial charge in [0.15, 0.2) is 22.8 Å². The number of anilines is 2. The van der Waals surface area contributed by atoms with Crippen LogP contribution in [0.3, 0.4) is 0 Å². The number of imidazole rings is 1. The number of tetrazole rings is 1. The third-order valence-corrected chi connectivity index (χ3v) is 10.3. The first-order valence-corrected chi connectivity index (χ1v) is 18.4. The van der Waals surface area contributed by atoms with Crippen molar-refractivity contribution in [2.45, 2.75) is 69.0 Å². The summed E-state index contributed by atoms with van der Waals surface area (Å²) in [7, 11) is 0. The van der Waals surface area contributed by atoms with Gasteiger partial charge in [0, 0.05) is 57.0 Å². The number of carbonyl (C=O) groups is 1. The second kappa shape index (κ2) is 15.5. The van der Waals surface area contributed by atoms with Gasteiger partial charge in [-0.2, -0.15) is 14.8 Å². The van der Waals surface area contributed by atoms with Crippen LogP contribution in [0.1, 0.15) is 60.3 Å². The molecule has 0 spiro atoms. The van der Waals surface area contributed by atoms with Crippen molar-refractivity contribution in [1.82, 2.24) is 55.3 Å². The summed E-state index contributed by atoms with van der Waals surface area (Å²) in [6.45, 7) is 3.95. The lowest BCUT2D eigenvalue weighted by atomic mass is 9.91. The van der Waals surface area contributed by atoms with Crippen molar-refractivity contribution < 1.29 is 15.0 Å². The molecule has 278 valence electrons. The molecule has 0 bridgehead atoms. The molecule has 5 heterocycles. The molecular formula is C38H43N13O3. The number of aliphatic hydroxyl groups is 2. The minimum absolute atomic E-state index is 0.0178. The number of pyridine rings is 1. The van der Waals surface area contributed by atoms with Gasteiger partial charge in [-0.1, -0.05) is 73.7 Å². The van der Waals surface area contributed by atoms with Crippen LogP contribution in [0.15, 0.2) is 91.5 Å². The Balaban J connectivity index is 1.08. The van der Waals surface area contributed by atoms with Crippen molar-refractivity contribution >= 4 is 29.0 Å². The van der Waals surface area contributed by atoms with Crippen LogP contribution in [-0.2, 0) is 13.0 Å². The number of urea groups is 1. The van der Waals surface area contributed by atoms with E-state index < -0.39 is 24.3 Å². The molecule has 0 unspecified atom stereocenters. The van der Waals surface area contributed by atoms with E-state index in [4.69, 9.17) is 15.0 Å². The number of rotatable bonds is 12. The van der Waals surface area contributed by atoms with Gasteiger partial charge in [0.2, 0.25) is 5.95 Å². The molecule has 1 saturated carbocycles. The van der Waals surface area contributed by atoms with Gasteiger partial charge in [0.1, 0.15) is 18.2 Å². The van der Waals surface area contributed by atoms with E-state index in [0.29, 0.717) is 74.2 Å². The predicted molar refractivity (Wildman–Crippen MR) is 201 cm³/mol. The molecule has 0 radical (unpaired) electrons. The quantitative estimate of drug-likeness (QED) is 0.124. The minimum atomic E-state index is -1.13. The second-order valence-electron chi connectivity index (χ2n) is 13.8. The van der Waals surface area contributed by atoms with Crippen LogP contribution in [0.25, 0.3) is 11.2 Å². The summed E-state index contributed by atoms with van der Waals surface area (Å²) in [6.07, 6.45) is 4.45. The number of hydrogen-bond acceptors (Lipinski definition) is 12. The Morgan fingerprint density at radius 2 is 1.72 bits per heavy atom. The average molecular weight is 730 g/mol. The van der Waals surface area contributed by atoms with Crippen molar-refractivity contribution in [3.05, 3.63) is 114 Å². The zero-order chi connectivity index (χ0) is 37.0. The highest BCUT2D eigenvalue weighted by atomic mass is 16.3. The Hall–Kier alpha value is -6.00. The van der Waals surface area contributed by atoms with Crippen molar-refractivity contribution in [3.63, 3.8) is 0 Å². The van der Waals surface area contributed by atoms with E-state index in [0.717, 1.165) is 16.7 Å². The van der Waals surface area contributed by atoms with E-state index in [1.54, 1.807) is 18.7 Å². The van der Waals surface area contributed by atoms with E-state index >= 15 is 0 Å². The molecule has 5 atom stereocenters. The summed E-state index contributed by atoms with van der Waals surface area (Å²) in [5.74, 6) is 1.60. The zero-order valence-electron chi connectivity index (χ0n) is 29.8. The zero-order valence-corrected chi connectivity index (χ0v) is 29.8.